The molecule has 3 rings (SSSR count). The van der Waals surface area contributed by atoms with Crippen molar-refractivity contribution in [3.05, 3.63) is 58.6 Å². The van der Waals surface area contributed by atoms with Crippen LogP contribution in [-0.2, 0) is 0 Å². The SMILES string of the molecule is CC(NC(=O)c1ccc(Cl)cc1)c1ccc2c(c1)OCCO2. The Kier molecular flexibility index (Phi) is 4.20. The summed E-state index contributed by atoms with van der Waals surface area (Å²) >= 11 is 5.83. The van der Waals surface area contributed by atoms with Gasteiger partial charge in [0.1, 0.15) is 13.2 Å². The van der Waals surface area contributed by atoms with Crippen LogP contribution in [0, 0.1) is 0 Å². The maximum atomic E-state index is 12.2. The van der Waals surface area contributed by atoms with Crippen molar-refractivity contribution in [1.29, 1.82) is 0 Å². The summed E-state index contributed by atoms with van der Waals surface area (Å²) in [6.45, 7) is 3.04. The van der Waals surface area contributed by atoms with Crippen molar-refractivity contribution in [3.63, 3.8) is 0 Å². The molecule has 0 aromatic heterocycles. The third kappa shape index (κ3) is 3.17. The molecular formula is C17H16ClNO3. The topological polar surface area (TPSA) is 47.6 Å². The predicted octanol–water partition coefficient (Wildman–Crippen LogP) is 3.60. The highest BCUT2D eigenvalue weighted by atomic mass is 35.5. The zero-order valence-corrected chi connectivity index (χ0v) is 12.9. The first kappa shape index (κ1) is 14.7. The van der Waals surface area contributed by atoms with Gasteiger partial charge in [-0.3, -0.25) is 4.79 Å². The van der Waals surface area contributed by atoms with Gasteiger partial charge < -0.3 is 14.8 Å². The molecule has 4 nitrogen and oxygen atoms in total. The number of amides is 1. The molecule has 1 N–H and O–H groups in total. The number of halogens is 1. The van der Waals surface area contributed by atoms with Crippen molar-refractivity contribution >= 4 is 17.5 Å². The van der Waals surface area contributed by atoms with E-state index in [1.165, 1.54) is 0 Å². The Hall–Kier alpha value is -2.20. The van der Waals surface area contributed by atoms with Gasteiger partial charge in [-0.2, -0.15) is 0 Å². The summed E-state index contributed by atoms with van der Waals surface area (Å²) in [6, 6.07) is 12.4. The Morgan fingerprint density at radius 1 is 1.09 bits per heavy atom. The molecule has 2 aromatic rings. The van der Waals surface area contributed by atoms with Crippen molar-refractivity contribution in [2.75, 3.05) is 13.2 Å². The summed E-state index contributed by atoms with van der Waals surface area (Å²) < 4.78 is 11.1. The van der Waals surface area contributed by atoms with E-state index in [1.54, 1.807) is 24.3 Å². The monoisotopic (exact) mass is 317 g/mol. The van der Waals surface area contributed by atoms with Gasteiger partial charge >= 0.3 is 0 Å². The lowest BCUT2D eigenvalue weighted by atomic mass is 10.1. The van der Waals surface area contributed by atoms with Gasteiger partial charge in [-0.15, -0.1) is 0 Å². The first-order chi connectivity index (χ1) is 10.6. The number of rotatable bonds is 3. The number of fused-ring (bicyclic) bond motifs is 1. The van der Waals surface area contributed by atoms with Crippen LogP contribution in [0.4, 0.5) is 0 Å². The first-order valence-electron chi connectivity index (χ1n) is 7.09. The minimum Gasteiger partial charge on any atom is -0.486 e. The highest BCUT2D eigenvalue weighted by Gasteiger charge is 2.16. The minimum absolute atomic E-state index is 0.140. The molecule has 1 atom stereocenters. The molecule has 1 aliphatic heterocycles. The van der Waals surface area contributed by atoms with Crippen LogP contribution in [0.3, 0.4) is 0 Å². The van der Waals surface area contributed by atoms with Gasteiger partial charge in [0.15, 0.2) is 11.5 Å². The summed E-state index contributed by atoms with van der Waals surface area (Å²) in [7, 11) is 0. The quantitative estimate of drug-likeness (QED) is 0.941. The van der Waals surface area contributed by atoms with Crippen LogP contribution < -0.4 is 14.8 Å². The van der Waals surface area contributed by atoms with E-state index in [0.717, 1.165) is 17.1 Å². The zero-order chi connectivity index (χ0) is 15.5. The summed E-state index contributed by atoms with van der Waals surface area (Å²) in [5.41, 5.74) is 1.54. The first-order valence-corrected chi connectivity index (χ1v) is 7.47. The van der Waals surface area contributed by atoms with Gasteiger partial charge in [0.05, 0.1) is 6.04 Å². The molecule has 5 heteroatoms. The van der Waals surface area contributed by atoms with E-state index in [2.05, 4.69) is 5.32 Å². The van der Waals surface area contributed by atoms with Gasteiger partial charge in [0, 0.05) is 10.6 Å². The summed E-state index contributed by atoms with van der Waals surface area (Å²) in [5.74, 6) is 1.32. The zero-order valence-electron chi connectivity index (χ0n) is 12.1. The number of hydrogen-bond acceptors (Lipinski definition) is 3. The largest absolute Gasteiger partial charge is 0.486 e. The lowest BCUT2D eigenvalue weighted by molar-refractivity contribution is 0.0939. The third-order valence-electron chi connectivity index (χ3n) is 3.52. The maximum Gasteiger partial charge on any atom is 0.251 e. The average Bonchev–Trinajstić information content (AvgIpc) is 2.55. The summed E-state index contributed by atoms with van der Waals surface area (Å²) in [4.78, 5) is 12.2. The number of ether oxygens (including phenoxy) is 2. The third-order valence-corrected chi connectivity index (χ3v) is 3.77. The molecule has 0 spiro atoms. The molecule has 0 saturated carbocycles. The second-order valence-corrected chi connectivity index (χ2v) is 5.54. The van der Waals surface area contributed by atoms with Crippen LogP contribution in [0.5, 0.6) is 11.5 Å². The fourth-order valence-electron chi connectivity index (χ4n) is 2.29. The molecule has 22 heavy (non-hydrogen) atoms. The highest BCUT2D eigenvalue weighted by Crippen LogP contribution is 2.32. The van der Waals surface area contributed by atoms with E-state index in [4.69, 9.17) is 21.1 Å². The summed E-state index contributed by atoms with van der Waals surface area (Å²) in [6.07, 6.45) is 0. The molecule has 0 aliphatic carbocycles. The predicted molar refractivity (Wildman–Crippen MR) is 84.8 cm³/mol. The molecule has 0 fully saturated rings. The Morgan fingerprint density at radius 3 is 2.50 bits per heavy atom. The van der Waals surface area contributed by atoms with Gasteiger partial charge in [-0.05, 0) is 48.9 Å². The molecule has 1 aliphatic rings. The van der Waals surface area contributed by atoms with E-state index in [-0.39, 0.29) is 11.9 Å². The van der Waals surface area contributed by atoms with Crippen LogP contribution in [0.25, 0.3) is 0 Å². The van der Waals surface area contributed by atoms with E-state index in [9.17, 15) is 4.79 Å². The maximum absolute atomic E-state index is 12.2. The lowest BCUT2D eigenvalue weighted by Gasteiger charge is -2.21. The number of carbonyl (C=O) groups is 1. The van der Waals surface area contributed by atoms with Crippen LogP contribution in [0.1, 0.15) is 28.9 Å². The number of benzene rings is 2. The van der Waals surface area contributed by atoms with E-state index >= 15 is 0 Å². The fraction of sp³-hybridized carbons (Fsp3) is 0.235. The van der Waals surface area contributed by atoms with Crippen molar-refractivity contribution in [1.82, 2.24) is 5.32 Å². The van der Waals surface area contributed by atoms with E-state index in [0.29, 0.717) is 23.8 Å². The van der Waals surface area contributed by atoms with Gasteiger partial charge in [0.25, 0.3) is 5.91 Å². The normalized spacial score (nSPS) is 14.3. The van der Waals surface area contributed by atoms with Gasteiger partial charge in [-0.25, -0.2) is 0 Å². The van der Waals surface area contributed by atoms with Crippen molar-refractivity contribution in [2.24, 2.45) is 0 Å². The molecule has 0 radical (unpaired) electrons. The fourth-order valence-corrected chi connectivity index (χ4v) is 2.42. The number of nitrogens with one attached hydrogen (secondary N) is 1. The van der Waals surface area contributed by atoms with Crippen LogP contribution in [0.15, 0.2) is 42.5 Å². The Morgan fingerprint density at radius 2 is 1.77 bits per heavy atom. The highest BCUT2D eigenvalue weighted by molar-refractivity contribution is 6.30. The minimum atomic E-state index is -0.140. The van der Waals surface area contributed by atoms with E-state index < -0.39 is 0 Å². The Balaban J connectivity index is 1.72. The van der Waals surface area contributed by atoms with Crippen LogP contribution in [-0.4, -0.2) is 19.1 Å². The lowest BCUT2D eigenvalue weighted by Crippen LogP contribution is -2.26. The second kappa shape index (κ2) is 6.28. The van der Waals surface area contributed by atoms with Gasteiger partial charge in [-0.1, -0.05) is 17.7 Å². The number of hydrogen-bond donors (Lipinski definition) is 1. The van der Waals surface area contributed by atoms with Crippen LogP contribution >= 0.6 is 11.6 Å². The molecular weight excluding hydrogens is 302 g/mol. The average molecular weight is 318 g/mol. The molecule has 0 saturated heterocycles. The molecule has 114 valence electrons. The number of carbonyl (C=O) groups excluding carboxylic acids is 1. The smallest absolute Gasteiger partial charge is 0.251 e. The molecule has 0 bridgehead atoms. The molecule has 1 unspecified atom stereocenters. The second-order valence-electron chi connectivity index (χ2n) is 5.11. The standard InChI is InChI=1S/C17H16ClNO3/c1-11(19-17(20)12-2-5-14(18)6-3-12)13-4-7-15-16(10-13)22-9-8-21-15/h2-7,10-11H,8-9H2,1H3,(H,19,20). The molecule has 2 aromatic carbocycles. The van der Waals surface area contributed by atoms with Crippen LogP contribution in [0.2, 0.25) is 5.02 Å². The Labute approximate surface area is 134 Å². The van der Waals surface area contributed by atoms with Crippen molar-refractivity contribution < 1.29 is 14.3 Å². The van der Waals surface area contributed by atoms with E-state index in [1.807, 2.05) is 25.1 Å². The van der Waals surface area contributed by atoms with Crippen molar-refractivity contribution in [2.45, 2.75) is 13.0 Å². The Bertz CT molecular complexity index is 685. The molecule has 1 heterocycles. The van der Waals surface area contributed by atoms with Gasteiger partial charge in [0.2, 0.25) is 0 Å². The summed E-state index contributed by atoms with van der Waals surface area (Å²) in [5, 5.41) is 3.57. The van der Waals surface area contributed by atoms with Crippen molar-refractivity contribution in [3.8, 4) is 11.5 Å². The molecule has 1 amide bonds.